The molecule has 0 radical (unpaired) electrons. The maximum absolute atomic E-state index is 14.2. The van der Waals surface area contributed by atoms with Crippen molar-refractivity contribution in [2.75, 3.05) is 13.1 Å². The van der Waals surface area contributed by atoms with Gasteiger partial charge < -0.3 is 5.32 Å². The van der Waals surface area contributed by atoms with E-state index in [0.29, 0.717) is 5.56 Å². The fraction of sp³-hybridized carbons (Fsp3) is 0.571. The van der Waals surface area contributed by atoms with Gasteiger partial charge in [0.15, 0.2) is 0 Å². The van der Waals surface area contributed by atoms with E-state index in [2.05, 4.69) is 5.32 Å². The summed E-state index contributed by atoms with van der Waals surface area (Å²) in [6.45, 7) is 3.44. The van der Waals surface area contributed by atoms with Gasteiger partial charge in [0.2, 0.25) is 0 Å². The van der Waals surface area contributed by atoms with E-state index in [-0.39, 0.29) is 17.9 Å². The van der Waals surface area contributed by atoms with Crippen LogP contribution in [0.4, 0.5) is 8.78 Å². The highest BCUT2D eigenvalue weighted by Gasteiger charge is 2.36. The molecule has 0 spiro atoms. The van der Waals surface area contributed by atoms with Gasteiger partial charge >= 0.3 is 0 Å². The molecule has 2 rings (SSSR count). The maximum atomic E-state index is 14.2. The Morgan fingerprint density at radius 1 is 1.35 bits per heavy atom. The molecule has 1 N–H and O–H groups in total. The van der Waals surface area contributed by atoms with Crippen molar-refractivity contribution in [2.24, 2.45) is 5.92 Å². The first-order valence-electron chi connectivity index (χ1n) is 6.24. The third kappa shape index (κ3) is 3.03. The molecule has 1 aromatic rings. The second-order valence-electron chi connectivity index (χ2n) is 4.94. The minimum absolute atomic E-state index is 0.0369. The number of piperidine rings is 1. The Bertz CT molecular complexity index is 370. The molecule has 17 heavy (non-hydrogen) atoms. The first-order chi connectivity index (χ1) is 8.09. The van der Waals surface area contributed by atoms with Gasteiger partial charge in [0.05, 0.1) is 0 Å². The third-order valence-corrected chi connectivity index (χ3v) is 3.48. The van der Waals surface area contributed by atoms with Gasteiger partial charge in [-0.1, -0.05) is 24.3 Å². The highest BCUT2D eigenvalue weighted by atomic mass is 19.3. The lowest BCUT2D eigenvalue weighted by molar-refractivity contribution is -0.0323. The summed E-state index contributed by atoms with van der Waals surface area (Å²) in [4.78, 5) is 0. The van der Waals surface area contributed by atoms with Crippen molar-refractivity contribution in [3.05, 3.63) is 35.4 Å². The molecule has 3 heteroatoms. The molecule has 0 saturated carbocycles. The molecular weight excluding hydrogens is 220 g/mol. The Hall–Kier alpha value is -0.960. The molecule has 0 aliphatic carbocycles. The van der Waals surface area contributed by atoms with Gasteiger partial charge in [0, 0.05) is 12.0 Å². The van der Waals surface area contributed by atoms with Crippen LogP contribution in [0.15, 0.2) is 24.3 Å². The molecule has 1 nitrogen and oxygen atoms in total. The molecule has 0 aromatic heterocycles. The zero-order chi connectivity index (χ0) is 12.3. The topological polar surface area (TPSA) is 12.0 Å². The molecule has 1 unspecified atom stereocenters. The lowest BCUT2D eigenvalue weighted by atomic mass is 9.89. The Labute approximate surface area is 101 Å². The number of nitrogens with one attached hydrogen (secondary N) is 1. The summed E-state index contributed by atoms with van der Waals surface area (Å²) in [6.07, 6.45) is 1.88. The standard InChI is InChI=1S/C14H19F2N/c1-11-5-2-3-7-13(11)14(15,16)9-12-6-4-8-17-10-12/h2-3,5,7,12,17H,4,6,8-10H2,1H3. The molecule has 1 aromatic carbocycles. The number of aryl methyl sites for hydroxylation is 1. The predicted molar refractivity (Wildman–Crippen MR) is 65.3 cm³/mol. The van der Waals surface area contributed by atoms with Gasteiger partial charge in [-0.25, -0.2) is 8.78 Å². The summed E-state index contributed by atoms with van der Waals surface area (Å²) in [6, 6.07) is 6.79. The van der Waals surface area contributed by atoms with Gasteiger partial charge in [-0.2, -0.15) is 0 Å². The van der Waals surface area contributed by atoms with Crippen molar-refractivity contribution >= 4 is 0 Å². The number of hydrogen-bond donors (Lipinski definition) is 1. The Morgan fingerprint density at radius 2 is 2.12 bits per heavy atom. The van der Waals surface area contributed by atoms with Crippen molar-refractivity contribution in [3.8, 4) is 0 Å². The third-order valence-electron chi connectivity index (χ3n) is 3.48. The van der Waals surface area contributed by atoms with E-state index in [1.807, 2.05) is 0 Å². The molecule has 1 aliphatic rings. The second kappa shape index (κ2) is 5.13. The van der Waals surface area contributed by atoms with Crippen molar-refractivity contribution < 1.29 is 8.78 Å². The number of halogens is 2. The number of alkyl halides is 2. The smallest absolute Gasteiger partial charge is 0.273 e. The van der Waals surface area contributed by atoms with Crippen LogP contribution in [0.25, 0.3) is 0 Å². The van der Waals surface area contributed by atoms with Crippen molar-refractivity contribution in [1.82, 2.24) is 5.32 Å². The minimum atomic E-state index is -2.70. The average Bonchev–Trinajstić information content (AvgIpc) is 2.30. The van der Waals surface area contributed by atoms with Gasteiger partial charge in [0.25, 0.3) is 5.92 Å². The summed E-state index contributed by atoms with van der Waals surface area (Å²) < 4.78 is 28.3. The molecule has 1 aliphatic heterocycles. The quantitative estimate of drug-likeness (QED) is 0.851. The molecule has 1 heterocycles. The summed E-state index contributed by atoms with van der Waals surface area (Å²) in [5.74, 6) is -2.60. The zero-order valence-electron chi connectivity index (χ0n) is 10.2. The fourth-order valence-electron chi connectivity index (χ4n) is 2.55. The summed E-state index contributed by atoms with van der Waals surface area (Å²) in [5.41, 5.74) is 0.867. The minimum Gasteiger partial charge on any atom is -0.316 e. The monoisotopic (exact) mass is 239 g/mol. The first-order valence-corrected chi connectivity index (χ1v) is 6.24. The average molecular weight is 239 g/mol. The Morgan fingerprint density at radius 3 is 2.76 bits per heavy atom. The van der Waals surface area contributed by atoms with Gasteiger partial charge in [0.1, 0.15) is 0 Å². The molecule has 1 fully saturated rings. The lowest BCUT2D eigenvalue weighted by Gasteiger charge is -2.27. The zero-order valence-corrected chi connectivity index (χ0v) is 10.2. The van der Waals surface area contributed by atoms with E-state index < -0.39 is 5.92 Å². The number of hydrogen-bond acceptors (Lipinski definition) is 1. The summed E-state index contributed by atoms with van der Waals surface area (Å²) in [7, 11) is 0. The van der Waals surface area contributed by atoms with Crippen molar-refractivity contribution in [2.45, 2.75) is 32.1 Å². The molecule has 94 valence electrons. The van der Waals surface area contributed by atoms with E-state index in [9.17, 15) is 8.78 Å². The maximum Gasteiger partial charge on any atom is 0.273 e. The van der Waals surface area contributed by atoms with E-state index in [4.69, 9.17) is 0 Å². The van der Waals surface area contributed by atoms with Crippen molar-refractivity contribution in [3.63, 3.8) is 0 Å². The SMILES string of the molecule is Cc1ccccc1C(F)(F)CC1CCCNC1. The Kier molecular flexibility index (Phi) is 3.77. The summed E-state index contributed by atoms with van der Waals surface area (Å²) in [5, 5.41) is 3.19. The van der Waals surface area contributed by atoms with Crippen molar-refractivity contribution in [1.29, 1.82) is 0 Å². The van der Waals surface area contributed by atoms with Crippen LogP contribution in [0.5, 0.6) is 0 Å². The molecule has 0 bridgehead atoms. The van der Waals surface area contributed by atoms with E-state index in [1.165, 1.54) is 0 Å². The van der Waals surface area contributed by atoms with Gasteiger partial charge in [-0.05, 0) is 44.3 Å². The predicted octanol–water partition coefficient (Wildman–Crippen LogP) is 3.48. The van der Waals surface area contributed by atoms with Gasteiger partial charge in [-0.15, -0.1) is 0 Å². The second-order valence-corrected chi connectivity index (χ2v) is 4.94. The van der Waals surface area contributed by atoms with Crippen LogP contribution >= 0.6 is 0 Å². The van der Waals surface area contributed by atoms with Gasteiger partial charge in [-0.3, -0.25) is 0 Å². The molecule has 1 atom stereocenters. The normalized spacial score (nSPS) is 21.5. The molecule has 1 saturated heterocycles. The van der Waals surface area contributed by atoms with E-state index in [0.717, 1.165) is 25.9 Å². The van der Waals surface area contributed by atoms with Crippen LogP contribution in [0.3, 0.4) is 0 Å². The number of benzene rings is 1. The Balaban J connectivity index is 2.10. The van der Waals surface area contributed by atoms with Crippen LogP contribution in [0, 0.1) is 12.8 Å². The van der Waals surface area contributed by atoms with E-state index >= 15 is 0 Å². The van der Waals surface area contributed by atoms with Crippen LogP contribution in [-0.4, -0.2) is 13.1 Å². The lowest BCUT2D eigenvalue weighted by Crippen LogP contribution is -2.33. The van der Waals surface area contributed by atoms with E-state index in [1.54, 1.807) is 31.2 Å². The van der Waals surface area contributed by atoms with Crippen LogP contribution in [0.2, 0.25) is 0 Å². The molecule has 0 amide bonds. The molecular formula is C14H19F2N. The summed E-state index contributed by atoms with van der Waals surface area (Å²) >= 11 is 0. The highest BCUT2D eigenvalue weighted by molar-refractivity contribution is 5.29. The fourth-order valence-corrected chi connectivity index (χ4v) is 2.55. The van der Waals surface area contributed by atoms with Crippen LogP contribution in [0.1, 0.15) is 30.4 Å². The van der Waals surface area contributed by atoms with Crippen LogP contribution in [-0.2, 0) is 5.92 Å². The van der Waals surface area contributed by atoms with Crippen LogP contribution < -0.4 is 5.32 Å². The largest absolute Gasteiger partial charge is 0.316 e. The highest BCUT2D eigenvalue weighted by Crippen LogP contribution is 2.37. The number of rotatable bonds is 3. The first kappa shape index (κ1) is 12.5.